The van der Waals surface area contributed by atoms with Crippen LogP contribution in [0.25, 0.3) is 0 Å². The summed E-state index contributed by atoms with van der Waals surface area (Å²) in [7, 11) is -3.39. The number of alkyl halides is 6. The molecule has 15 heavy (non-hydrogen) atoms. The predicted octanol–water partition coefficient (Wildman–Crippen LogP) is 4.58. The molecule has 0 aromatic carbocycles. The Labute approximate surface area is 118 Å². The van der Waals surface area contributed by atoms with Crippen molar-refractivity contribution in [3.8, 4) is 0 Å². The van der Waals surface area contributed by atoms with Crippen LogP contribution < -0.4 is 0 Å². The highest BCUT2D eigenvalue weighted by Gasteiger charge is 2.29. The molecule has 0 aliphatic carbocycles. The van der Waals surface area contributed by atoms with E-state index in [9.17, 15) is 4.57 Å². The van der Waals surface area contributed by atoms with Crippen molar-refractivity contribution in [3.63, 3.8) is 0 Å². The van der Waals surface area contributed by atoms with Gasteiger partial charge >= 0.3 is 7.60 Å². The van der Waals surface area contributed by atoms with E-state index in [0.717, 1.165) is 0 Å². The summed E-state index contributed by atoms with van der Waals surface area (Å²) in [6, 6.07) is 0. The molecule has 0 aromatic rings. The van der Waals surface area contributed by atoms with Gasteiger partial charge in [-0.25, -0.2) is 0 Å². The zero-order valence-corrected chi connectivity index (χ0v) is 12.8. The van der Waals surface area contributed by atoms with Gasteiger partial charge in [-0.2, -0.15) is 0 Å². The monoisotopic (exact) mass is 356 g/mol. The molecule has 0 radical (unpaired) electrons. The third-order valence-corrected chi connectivity index (χ3v) is 2.78. The fraction of sp³-hybridized carbons (Fsp3) is 1.00. The van der Waals surface area contributed by atoms with E-state index in [4.69, 9.17) is 78.7 Å². The third kappa shape index (κ3) is 12.1. The minimum Gasteiger partial charge on any atom is -0.304 e. The lowest BCUT2D eigenvalue weighted by atomic mass is 10.9. The van der Waals surface area contributed by atoms with Crippen LogP contribution in [0.3, 0.4) is 0 Å². The van der Waals surface area contributed by atoms with E-state index in [1.807, 2.05) is 0 Å². The van der Waals surface area contributed by atoms with Gasteiger partial charge < -0.3 is 9.05 Å². The van der Waals surface area contributed by atoms with Crippen LogP contribution in [0.1, 0.15) is 0 Å². The van der Waals surface area contributed by atoms with Gasteiger partial charge in [0.25, 0.3) is 0 Å². The summed E-state index contributed by atoms with van der Waals surface area (Å²) in [5, 5.41) is 0. The Morgan fingerprint density at radius 2 is 1.20 bits per heavy atom. The maximum atomic E-state index is 11.5. The third-order valence-electron chi connectivity index (χ3n) is 0.925. The van der Waals surface area contributed by atoms with Gasteiger partial charge in [-0.1, -0.05) is 69.6 Å². The van der Waals surface area contributed by atoms with Crippen LogP contribution >= 0.6 is 77.2 Å². The van der Waals surface area contributed by atoms with E-state index < -0.39 is 15.2 Å². The molecule has 0 fully saturated rings. The molecule has 0 heterocycles. The molecule has 0 aliphatic rings. The highest BCUT2D eigenvalue weighted by molar-refractivity contribution is 7.53. The Morgan fingerprint density at radius 3 is 1.40 bits per heavy atom. The minimum absolute atomic E-state index is 0.384. The van der Waals surface area contributed by atoms with Gasteiger partial charge in [-0.05, 0) is 0 Å². The SMILES string of the molecule is CP(=O)(OCC(Cl)(Cl)Cl)OCC(Cl)(Cl)Cl. The molecule has 0 aromatic heterocycles. The van der Waals surface area contributed by atoms with E-state index in [2.05, 4.69) is 0 Å². The van der Waals surface area contributed by atoms with Crippen LogP contribution in [0.4, 0.5) is 0 Å². The Hall–Kier alpha value is 1.89. The van der Waals surface area contributed by atoms with Gasteiger partial charge in [0.1, 0.15) is 13.2 Å². The number of halogens is 6. The predicted molar refractivity (Wildman–Crippen MR) is 66.0 cm³/mol. The average molecular weight is 359 g/mol. The van der Waals surface area contributed by atoms with Gasteiger partial charge in [0.05, 0.1) is 0 Å². The molecule has 0 amide bonds. The van der Waals surface area contributed by atoms with Gasteiger partial charge in [0.15, 0.2) is 0 Å². The standard InChI is InChI=1S/C5H7Cl6O3P/c1-15(12,13-2-4(6,7)8)14-3-5(9,10)11/h2-3H2,1H3. The van der Waals surface area contributed by atoms with E-state index in [-0.39, 0.29) is 13.2 Å². The summed E-state index contributed by atoms with van der Waals surface area (Å²) < 4.78 is 17.7. The smallest absolute Gasteiger partial charge is 0.304 e. The van der Waals surface area contributed by atoms with Crippen molar-refractivity contribution >= 4 is 77.2 Å². The second kappa shape index (κ2) is 6.17. The molecule has 0 rings (SSSR count). The molecule has 3 nitrogen and oxygen atoms in total. The van der Waals surface area contributed by atoms with Crippen LogP contribution in [-0.2, 0) is 13.6 Å². The Bertz CT molecular complexity index is 224. The summed E-state index contributed by atoms with van der Waals surface area (Å²) in [5.41, 5.74) is 0. The molecule has 92 valence electrons. The average Bonchev–Trinajstić information content (AvgIpc) is 1.96. The van der Waals surface area contributed by atoms with Crippen LogP contribution in [0, 0.1) is 0 Å². The Balaban J connectivity index is 4.04. The highest BCUT2D eigenvalue weighted by atomic mass is 35.6. The number of rotatable bonds is 4. The molecule has 0 spiro atoms. The van der Waals surface area contributed by atoms with Crippen LogP contribution in [0.2, 0.25) is 0 Å². The van der Waals surface area contributed by atoms with E-state index >= 15 is 0 Å². The quantitative estimate of drug-likeness (QED) is 0.545. The largest absolute Gasteiger partial charge is 0.327 e. The Kier molecular flexibility index (Phi) is 6.95. The lowest BCUT2D eigenvalue weighted by Gasteiger charge is -2.19. The van der Waals surface area contributed by atoms with Crippen LogP contribution in [0.15, 0.2) is 0 Å². The first kappa shape index (κ1) is 16.9. The molecule has 0 saturated carbocycles. The van der Waals surface area contributed by atoms with Gasteiger partial charge in [0.2, 0.25) is 7.59 Å². The summed E-state index contributed by atoms with van der Waals surface area (Å²) in [5.74, 6) is 0. The lowest BCUT2D eigenvalue weighted by Crippen LogP contribution is -2.15. The summed E-state index contributed by atoms with van der Waals surface area (Å²) >= 11 is 32.3. The van der Waals surface area contributed by atoms with E-state index in [1.54, 1.807) is 0 Å². The maximum Gasteiger partial charge on any atom is 0.327 e. The molecule has 0 N–H and O–H groups in total. The van der Waals surface area contributed by atoms with Crippen LogP contribution in [-0.4, -0.2) is 27.5 Å². The summed E-state index contributed by atoms with van der Waals surface area (Å²) in [6.45, 7) is 0.413. The fourth-order valence-corrected chi connectivity index (χ4v) is 2.13. The van der Waals surface area contributed by atoms with E-state index in [1.165, 1.54) is 6.66 Å². The molecular formula is C5H7Cl6O3P. The van der Waals surface area contributed by atoms with Crippen LogP contribution in [0.5, 0.6) is 0 Å². The summed E-state index contributed by atoms with van der Waals surface area (Å²) in [4.78, 5) is 0. The molecule has 0 saturated heterocycles. The fourth-order valence-electron chi connectivity index (χ4n) is 0.418. The molecular weight excluding hydrogens is 352 g/mol. The first-order chi connectivity index (χ1) is 6.41. The Morgan fingerprint density at radius 1 is 0.933 bits per heavy atom. The number of hydrogen-bond donors (Lipinski definition) is 0. The van der Waals surface area contributed by atoms with Crippen molar-refractivity contribution in [1.29, 1.82) is 0 Å². The van der Waals surface area contributed by atoms with Crippen molar-refractivity contribution in [2.24, 2.45) is 0 Å². The van der Waals surface area contributed by atoms with E-state index in [0.29, 0.717) is 0 Å². The zero-order valence-electron chi connectivity index (χ0n) is 7.35. The first-order valence-electron chi connectivity index (χ1n) is 3.41. The van der Waals surface area contributed by atoms with Crippen molar-refractivity contribution in [1.82, 2.24) is 0 Å². The minimum atomic E-state index is -3.39. The molecule has 0 aliphatic heterocycles. The number of hydrogen-bond acceptors (Lipinski definition) is 3. The van der Waals surface area contributed by atoms with Crippen molar-refractivity contribution in [2.75, 3.05) is 19.9 Å². The lowest BCUT2D eigenvalue weighted by molar-refractivity contribution is 0.215. The molecule has 0 bridgehead atoms. The normalized spacial score (nSPS) is 14.3. The summed E-state index contributed by atoms with van der Waals surface area (Å²) in [6.07, 6.45) is 0. The molecule has 10 heteroatoms. The van der Waals surface area contributed by atoms with Gasteiger partial charge in [-0.3, -0.25) is 4.57 Å². The zero-order chi connectivity index (χ0) is 12.3. The second-order valence-electron chi connectivity index (χ2n) is 2.55. The van der Waals surface area contributed by atoms with Gasteiger partial charge in [-0.15, -0.1) is 0 Å². The molecule has 0 atom stereocenters. The first-order valence-corrected chi connectivity index (χ1v) is 7.67. The maximum absolute atomic E-state index is 11.5. The van der Waals surface area contributed by atoms with Gasteiger partial charge in [0, 0.05) is 6.66 Å². The molecule has 0 unspecified atom stereocenters. The van der Waals surface area contributed by atoms with Crippen molar-refractivity contribution in [3.05, 3.63) is 0 Å². The topological polar surface area (TPSA) is 35.5 Å². The highest BCUT2D eigenvalue weighted by Crippen LogP contribution is 2.47. The second-order valence-corrected chi connectivity index (χ2v) is 9.64. The van der Waals surface area contributed by atoms with Crippen molar-refractivity contribution < 1.29 is 13.6 Å². The van der Waals surface area contributed by atoms with Crippen molar-refractivity contribution in [2.45, 2.75) is 7.59 Å².